The lowest BCUT2D eigenvalue weighted by Gasteiger charge is -2.30. The molecule has 3 atom stereocenters. The van der Waals surface area contributed by atoms with Gasteiger partial charge in [0.25, 0.3) is 0 Å². The summed E-state index contributed by atoms with van der Waals surface area (Å²) in [6, 6.07) is 20.8. The maximum absolute atomic E-state index is 13.8. The monoisotopic (exact) mass is 532 g/mol. The highest BCUT2D eigenvalue weighted by atomic mass is 32.2. The van der Waals surface area contributed by atoms with Gasteiger partial charge in [-0.2, -0.15) is 0 Å². The van der Waals surface area contributed by atoms with Crippen molar-refractivity contribution in [3.63, 3.8) is 0 Å². The van der Waals surface area contributed by atoms with E-state index in [1.807, 2.05) is 55.5 Å². The van der Waals surface area contributed by atoms with Gasteiger partial charge >= 0.3 is 4.87 Å². The number of para-hydroxylation sites is 1. The smallest absolute Gasteiger partial charge is 0.305 e. The number of H-pyrrole nitrogens is 1. The van der Waals surface area contributed by atoms with Crippen LogP contribution in [-0.4, -0.2) is 22.0 Å². The van der Waals surface area contributed by atoms with E-state index >= 15 is 0 Å². The highest BCUT2D eigenvalue weighted by Crippen LogP contribution is 2.54. The molecule has 2 unspecified atom stereocenters. The third-order valence-corrected chi connectivity index (χ3v) is 9.04. The van der Waals surface area contributed by atoms with Crippen molar-refractivity contribution in [1.82, 2.24) is 4.98 Å². The predicted molar refractivity (Wildman–Crippen MR) is 141 cm³/mol. The molecule has 2 amide bonds. The van der Waals surface area contributed by atoms with E-state index in [0.29, 0.717) is 27.9 Å². The first-order valence-electron chi connectivity index (χ1n) is 11.7. The van der Waals surface area contributed by atoms with Crippen LogP contribution in [0.4, 0.5) is 10.1 Å². The number of amides is 2. The normalized spacial score (nSPS) is 20.6. The molecule has 4 aromatic rings. The van der Waals surface area contributed by atoms with Gasteiger partial charge in [0.2, 0.25) is 11.8 Å². The van der Waals surface area contributed by atoms with Gasteiger partial charge in [-0.1, -0.05) is 71.1 Å². The molecule has 1 fully saturated rings. The van der Waals surface area contributed by atoms with Gasteiger partial charge in [-0.3, -0.25) is 14.4 Å². The molecule has 0 radical (unpaired) electrons. The van der Waals surface area contributed by atoms with Gasteiger partial charge in [0.05, 0.1) is 16.6 Å². The first-order chi connectivity index (χ1) is 17.9. The van der Waals surface area contributed by atoms with Crippen LogP contribution in [0, 0.1) is 18.7 Å². The first kappa shape index (κ1) is 23.7. The maximum atomic E-state index is 13.8. The van der Waals surface area contributed by atoms with Gasteiger partial charge in [0.15, 0.2) is 0 Å². The second-order valence-corrected chi connectivity index (χ2v) is 11.2. The molecule has 186 valence electrons. The summed E-state index contributed by atoms with van der Waals surface area (Å²) in [4.78, 5) is 44.2. The molecule has 1 saturated heterocycles. The molecule has 0 aliphatic carbocycles. The quantitative estimate of drug-likeness (QED) is 0.355. The van der Waals surface area contributed by atoms with Crippen LogP contribution in [0.25, 0.3) is 0 Å². The Kier molecular flexibility index (Phi) is 5.97. The van der Waals surface area contributed by atoms with Crippen molar-refractivity contribution in [2.24, 2.45) is 5.92 Å². The van der Waals surface area contributed by atoms with E-state index in [1.165, 1.54) is 36.0 Å². The molecule has 0 spiro atoms. The number of benzene rings is 3. The number of thioether (sulfide) groups is 1. The molecular formula is C28H21FN2O4S2. The number of hydrogen-bond donors (Lipinski definition) is 1. The molecule has 9 heteroatoms. The van der Waals surface area contributed by atoms with E-state index in [0.717, 1.165) is 32.9 Å². The minimum absolute atomic E-state index is 0.240. The van der Waals surface area contributed by atoms with Crippen molar-refractivity contribution in [2.75, 3.05) is 4.90 Å². The third-order valence-electron chi connectivity index (χ3n) is 6.64. The minimum atomic E-state index is -0.745. The average Bonchev–Trinajstić information content (AvgIpc) is 3.38. The summed E-state index contributed by atoms with van der Waals surface area (Å²) in [5, 5.41) is -0.137. The largest absolute Gasteiger partial charge is 0.489 e. The minimum Gasteiger partial charge on any atom is -0.489 e. The summed E-state index contributed by atoms with van der Waals surface area (Å²) in [5.41, 5.74) is 3.20. The number of ether oxygens (including phenoxy) is 1. The molecule has 6 rings (SSSR count). The summed E-state index contributed by atoms with van der Waals surface area (Å²) in [6.45, 7) is 2.35. The molecule has 0 bridgehead atoms. The van der Waals surface area contributed by atoms with Crippen molar-refractivity contribution in [3.8, 4) is 5.75 Å². The average molecular weight is 533 g/mol. The predicted octanol–water partition coefficient (Wildman–Crippen LogP) is 5.26. The number of aryl methyl sites for hydroxylation is 1. The van der Waals surface area contributed by atoms with Gasteiger partial charge in [0, 0.05) is 16.4 Å². The lowest BCUT2D eigenvalue weighted by Crippen LogP contribution is -2.32. The second kappa shape index (κ2) is 9.32. The highest BCUT2D eigenvalue weighted by Gasteiger charge is 2.56. The molecular weight excluding hydrogens is 511 g/mol. The van der Waals surface area contributed by atoms with E-state index in [-0.39, 0.29) is 16.7 Å². The fourth-order valence-corrected chi connectivity index (χ4v) is 7.53. The Morgan fingerprint density at radius 3 is 2.54 bits per heavy atom. The summed E-state index contributed by atoms with van der Waals surface area (Å²) >= 11 is 2.26. The molecule has 2 aliphatic heterocycles. The molecule has 6 nitrogen and oxygen atoms in total. The first-order valence-corrected chi connectivity index (χ1v) is 13.4. The summed E-state index contributed by atoms with van der Waals surface area (Å²) < 4.78 is 19.8. The zero-order valence-corrected chi connectivity index (χ0v) is 21.3. The van der Waals surface area contributed by atoms with E-state index in [2.05, 4.69) is 4.98 Å². The number of hydrogen-bond acceptors (Lipinski definition) is 6. The number of imide groups is 1. The molecule has 37 heavy (non-hydrogen) atoms. The number of nitrogens with zero attached hydrogens (tertiary/aromatic N) is 1. The summed E-state index contributed by atoms with van der Waals surface area (Å²) in [6.07, 6.45) is 0. The Hall–Kier alpha value is -3.69. The van der Waals surface area contributed by atoms with Crippen LogP contribution in [0.15, 0.2) is 82.6 Å². The van der Waals surface area contributed by atoms with E-state index < -0.39 is 22.9 Å². The molecule has 1 N–H and O–H groups in total. The van der Waals surface area contributed by atoms with Crippen LogP contribution in [0.2, 0.25) is 0 Å². The van der Waals surface area contributed by atoms with Crippen molar-refractivity contribution >= 4 is 40.6 Å². The topological polar surface area (TPSA) is 79.5 Å². The number of aromatic nitrogens is 1. The Morgan fingerprint density at radius 2 is 1.76 bits per heavy atom. The van der Waals surface area contributed by atoms with Gasteiger partial charge in [0.1, 0.15) is 23.4 Å². The van der Waals surface area contributed by atoms with Crippen LogP contribution in [0.5, 0.6) is 5.75 Å². The van der Waals surface area contributed by atoms with Gasteiger partial charge in [-0.25, -0.2) is 9.29 Å². The van der Waals surface area contributed by atoms with Gasteiger partial charge < -0.3 is 9.72 Å². The molecule has 1 aromatic heterocycles. The summed E-state index contributed by atoms with van der Waals surface area (Å²) in [5.74, 6) is -1.92. The molecule has 3 aromatic carbocycles. The van der Waals surface area contributed by atoms with Crippen molar-refractivity contribution in [3.05, 3.63) is 110 Å². The molecule has 2 aliphatic rings. The lowest BCUT2D eigenvalue weighted by molar-refractivity contribution is -0.122. The Bertz CT molecular complexity index is 1580. The van der Waals surface area contributed by atoms with E-state index in [9.17, 15) is 18.8 Å². The van der Waals surface area contributed by atoms with Crippen LogP contribution in [-0.2, 0) is 16.2 Å². The number of rotatable bonds is 5. The second-order valence-electron chi connectivity index (χ2n) is 9.05. The Balaban J connectivity index is 1.42. The Labute approximate surface area is 220 Å². The van der Waals surface area contributed by atoms with E-state index in [4.69, 9.17) is 4.74 Å². The number of fused-ring (bicyclic) bond motifs is 2. The number of aromatic amines is 1. The number of carbonyl (C=O) groups is 2. The molecule has 0 saturated carbocycles. The zero-order chi connectivity index (χ0) is 25.7. The fourth-order valence-electron chi connectivity index (χ4n) is 5.03. The standard InChI is InChI=1S/C28H21FN2O4S2/c1-15-5-4-6-16(13-15)14-35-20-8-3-2-7-19(20)21-22-24(36-25-23(21)37-28(34)30-25)27(33)31(26(22)32)18-11-9-17(29)10-12-18/h2-13,21-22,24H,14H2,1H3,(H,30,34)/t21-,22?,24?/m1/s1. The molecule has 3 heterocycles. The fraction of sp³-hybridized carbons (Fsp3) is 0.179. The third kappa shape index (κ3) is 4.18. The van der Waals surface area contributed by atoms with E-state index in [1.54, 1.807) is 0 Å². The summed E-state index contributed by atoms with van der Waals surface area (Å²) in [7, 11) is 0. The maximum Gasteiger partial charge on any atom is 0.305 e. The van der Waals surface area contributed by atoms with Crippen molar-refractivity contribution in [1.29, 1.82) is 0 Å². The van der Waals surface area contributed by atoms with Crippen molar-refractivity contribution in [2.45, 2.75) is 29.7 Å². The number of carbonyl (C=O) groups excluding carboxylic acids is 2. The highest BCUT2D eigenvalue weighted by molar-refractivity contribution is 8.00. The lowest BCUT2D eigenvalue weighted by atomic mass is 9.82. The van der Waals surface area contributed by atoms with Gasteiger partial charge in [-0.05, 0) is 42.8 Å². The number of halogens is 1. The van der Waals surface area contributed by atoms with Crippen LogP contribution in [0.3, 0.4) is 0 Å². The number of thiazole rings is 1. The van der Waals surface area contributed by atoms with Gasteiger partial charge in [-0.15, -0.1) is 0 Å². The number of anilines is 1. The Morgan fingerprint density at radius 1 is 0.973 bits per heavy atom. The number of nitrogens with one attached hydrogen (secondary N) is 1. The van der Waals surface area contributed by atoms with Crippen molar-refractivity contribution < 1.29 is 18.7 Å². The SMILES string of the molecule is Cc1cccc(COc2ccccc2[C@H]2c3sc(=O)[nH]c3SC3C(=O)N(c4ccc(F)cc4)C(=O)C32)c1. The van der Waals surface area contributed by atoms with Crippen LogP contribution >= 0.6 is 23.1 Å². The van der Waals surface area contributed by atoms with Crippen LogP contribution < -0.4 is 14.5 Å². The zero-order valence-electron chi connectivity index (χ0n) is 19.6. The van der Waals surface area contributed by atoms with Crippen LogP contribution in [0.1, 0.15) is 27.5 Å².